The van der Waals surface area contributed by atoms with Gasteiger partial charge in [0.25, 0.3) is 0 Å². The quantitative estimate of drug-likeness (QED) is 0.263. The van der Waals surface area contributed by atoms with Crippen LogP contribution in [-0.2, 0) is 28.2 Å². The first kappa shape index (κ1) is 16.2. The Morgan fingerprint density at radius 1 is 0.824 bits per heavy atom. The predicted octanol–water partition coefficient (Wildman–Crippen LogP) is -1.27. The maximum atomic E-state index is 10.8. The van der Waals surface area contributed by atoms with Gasteiger partial charge >= 0.3 is 27.1 Å². The highest BCUT2D eigenvalue weighted by atomic mass is 31.2. The van der Waals surface area contributed by atoms with E-state index in [-0.39, 0.29) is 0 Å². The van der Waals surface area contributed by atoms with Gasteiger partial charge in [-0.2, -0.15) is 0 Å². The van der Waals surface area contributed by atoms with Crippen LogP contribution in [0.4, 0.5) is 0 Å². The molecule has 0 radical (unpaired) electrons. The van der Waals surface area contributed by atoms with Gasteiger partial charge in [-0.15, -0.1) is 0 Å². The minimum Gasteiger partial charge on any atom is -0.452 e. The zero-order valence-electron chi connectivity index (χ0n) is 8.25. The van der Waals surface area contributed by atoms with Gasteiger partial charge in [-0.3, -0.25) is 18.7 Å². The van der Waals surface area contributed by atoms with Crippen molar-refractivity contribution in [1.29, 1.82) is 0 Å². The number of rotatable bonds is 6. The molecule has 0 aromatic heterocycles. The summed E-state index contributed by atoms with van der Waals surface area (Å²) in [7, 11) is -9.05. The summed E-state index contributed by atoms with van der Waals surface area (Å²) in [5.41, 5.74) is 0. The number of carbonyl (C=O) groups excluding carboxylic acids is 2. The Morgan fingerprint density at radius 3 is 1.35 bits per heavy atom. The molecule has 0 spiro atoms. The highest BCUT2D eigenvalue weighted by molar-refractivity contribution is 7.51. The molecule has 10 nitrogen and oxygen atoms in total. The van der Waals surface area contributed by atoms with Gasteiger partial charge in [-0.05, 0) is 0 Å². The number of hydrogen-bond acceptors (Lipinski definition) is 6. The Morgan fingerprint density at radius 2 is 1.12 bits per heavy atom. The smallest absolute Gasteiger partial charge is 0.362 e. The van der Waals surface area contributed by atoms with Crippen molar-refractivity contribution in [2.75, 3.05) is 12.7 Å². The van der Waals surface area contributed by atoms with Gasteiger partial charge in [0.15, 0.2) is 12.7 Å². The van der Waals surface area contributed by atoms with Crippen LogP contribution in [0.5, 0.6) is 0 Å². The highest BCUT2D eigenvalue weighted by Crippen LogP contribution is 2.34. The van der Waals surface area contributed by atoms with Crippen molar-refractivity contribution in [3.05, 3.63) is 0 Å². The molecule has 4 N–H and O–H groups in total. The molecule has 12 heteroatoms. The van der Waals surface area contributed by atoms with Crippen LogP contribution in [-0.4, -0.2) is 44.2 Å². The van der Waals surface area contributed by atoms with Crippen molar-refractivity contribution in [3.63, 3.8) is 0 Å². The molecule has 0 rings (SSSR count). The lowest BCUT2D eigenvalue weighted by molar-refractivity contribution is -0.152. The maximum absolute atomic E-state index is 10.8. The molecule has 0 aliphatic carbocycles. The van der Waals surface area contributed by atoms with E-state index >= 15 is 0 Å². The van der Waals surface area contributed by atoms with Crippen LogP contribution >= 0.6 is 15.2 Å². The third-order valence-electron chi connectivity index (χ3n) is 1.08. The summed E-state index contributed by atoms with van der Waals surface area (Å²) < 4.78 is 28.6. The van der Waals surface area contributed by atoms with Crippen molar-refractivity contribution in [2.45, 2.75) is 6.42 Å². The SMILES string of the molecule is O=C(CC(=O)OCP(=O)(O)O)OCP(=O)(O)O. The van der Waals surface area contributed by atoms with Crippen LogP contribution in [0, 0.1) is 0 Å². The van der Waals surface area contributed by atoms with Gasteiger partial charge in [0.05, 0.1) is 0 Å². The van der Waals surface area contributed by atoms with Crippen LogP contribution in [0.1, 0.15) is 6.42 Å². The lowest BCUT2D eigenvalue weighted by Gasteiger charge is -2.07. The second kappa shape index (κ2) is 6.25. The number of hydrogen-bond donors (Lipinski definition) is 4. The molecule has 0 bridgehead atoms. The molecule has 0 unspecified atom stereocenters. The normalized spacial score (nSPS) is 12.0. The van der Waals surface area contributed by atoms with E-state index in [4.69, 9.17) is 19.6 Å². The Hall–Kier alpha value is -0.760. The summed E-state index contributed by atoms with van der Waals surface area (Å²) in [6, 6.07) is 0. The van der Waals surface area contributed by atoms with Crippen LogP contribution in [0.3, 0.4) is 0 Å². The first-order valence-electron chi connectivity index (χ1n) is 3.90. The second-order valence-corrected chi connectivity index (χ2v) is 5.97. The Labute approximate surface area is 94.9 Å². The molecule has 0 fully saturated rings. The summed E-state index contributed by atoms with van der Waals surface area (Å²) in [5, 5.41) is 0. The van der Waals surface area contributed by atoms with Gasteiger partial charge < -0.3 is 29.0 Å². The fraction of sp³-hybridized carbons (Fsp3) is 0.600. The van der Waals surface area contributed by atoms with Gasteiger partial charge in [-0.1, -0.05) is 0 Å². The molecule has 17 heavy (non-hydrogen) atoms. The minimum atomic E-state index is -4.52. The standard InChI is InChI=1S/C5H10O10P2/c6-4(14-2-16(8,9)10)1-5(7)15-3-17(11,12)13/h1-3H2,(H2,8,9,10)(H2,11,12,13). The molecule has 0 aromatic carbocycles. The predicted molar refractivity (Wildman–Crippen MR) is 50.6 cm³/mol. The van der Waals surface area contributed by atoms with Crippen LogP contribution in [0.15, 0.2) is 0 Å². The summed E-state index contributed by atoms with van der Waals surface area (Å²) in [4.78, 5) is 54.8. The molecular formula is C5H10O10P2. The third kappa shape index (κ3) is 11.5. The molecule has 0 saturated carbocycles. The molecule has 0 saturated heterocycles. The van der Waals surface area contributed by atoms with Crippen molar-refractivity contribution in [1.82, 2.24) is 0 Å². The van der Waals surface area contributed by atoms with Crippen LogP contribution in [0.2, 0.25) is 0 Å². The van der Waals surface area contributed by atoms with E-state index in [1.807, 2.05) is 0 Å². The first-order chi connectivity index (χ1) is 7.49. The third-order valence-corrected chi connectivity index (χ3v) is 2.01. The average Bonchev–Trinajstić information content (AvgIpc) is 2.09. The second-order valence-electron chi connectivity index (χ2n) is 2.80. The van der Waals surface area contributed by atoms with Gasteiger partial charge in [-0.25, -0.2) is 0 Å². The van der Waals surface area contributed by atoms with Crippen molar-refractivity contribution >= 4 is 27.1 Å². The molecule has 0 heterocycles. The monoisotopic (exact) mass is 292 g/mol. The van der Waals surface area contributed by atoms with Crippen molar-refractivity contribution in [2.24, 2.45) is 0 Å². The molecule has 0 aliphatic heterocycles. The molecule has 0 atom stereocenters. The molecule has 0 aromatic rings. The average molecular weight is 292 g/mol. The van der Waals surface area contributed by atoms with Gasteiger partial charge in [0.2, 0.25) is 0 Å². The van der Waals surface area contributed by atoms with E-state index in [2.05, 4.69) is 9.47 Å². The highest BCUT2D eigenvalue weighted by Gasteiger charge is 2.21. The topological polar surface area (TPSA) is 168 Å². The molecule has 0 aliphatic rings. The fourth-order valence-electron chi connectivity index (χ4n) is 0.532. The van der Waals surface area contributed by atoms with E-state index in [1.54, 1.807) is 0 Å². The van der Waals surface area contributed by atoms with E-state index in [0.29, 0.717) is 0 Å². The number of ether oxygens (including phenoxy) is 2. The zero-order valence-corrected chi connectivity index (χ0v) is 10.0. The van der Waals surface area contributed by atoms with Crippen LogP contribution < -0.4 is 0 Å². The van der Waals surface area contributed by atoms with E-state index in [1.165, 1.54) is 0 Å². The molecular weight excluding hydrogens is 282 g/mol. The van der Waals surface area contributed by atoms with Gasteiger partial charge in [0.1, 0.15) is 6.42 Å². The maximum Gasteiger partial charge on any atom is 0.362 e. The lowest BCUT2D eigenvalue weighted by Crippen LogP contribution is -2.15. The van der Waals surface area contributed by atoms with E-state index in [0.717, 1.165) is 0 Å². The fourth-order valence-corrected chi connectivity index (χ4v) is 1.16. The zero-order chi connectivity index (χ0) is 13.7. The Kier molecular flexibility index (Phi) is 5.97. The van der Waals surface area contributed by atoms with Crippen molar-refractivity contribution < 1.29 is 47.8 Å². The largest absolute Gasteiger partial charge is 0.452 e. The summed E-state index contributed by atoms with van der Waals surface area (Å²) in [5.74, 6) is -2.55. The van der Waals surface area contributed by atoms with Crippen molar-refractivity contribution in [3.8, 4) is 0 Å². The Balaban J connectivity index is 3.94. The van der Waals surface area contributed by atoms with Gasteiger partial charge in [0, 0.05) is 0 Å². The number of carbonyl (C=O) groups is 2. The van der Waals surface area contributed by atoms with E-state index < -0.39 is 46.2 Å². The van der Waals surface area contributed by atoms with Crippen LogP contribution in [0.25, 0.3) is 0 Å². The first-order valence-corrected chi connectivity index (χ1v) is 7.49. The molecule has 100 valence electrons. The summed E-state index contributed by atoms with van der Waals surface area (Å²) in [6.45, 7) is 0. The lowest BCUT2D eigenvalue weighted by atomic mass is 10.4. The molecule has 0 amide bonds. The van der Waals surface area contributed by atoms with E-state index in [9.17, 15) is 18.7 Å². The summed E-state index contributed by atoms with van der Waals surface area (Å²) in [6.07, 6.45) is -3.37. The number of esters is 2. The Bertz CT molecular complexity index is 340. The minimum absolute atomic E-state index is 1.00. The summed E-state index contributed by atoms with van der Waals surface area (Å²) >= 11 is 0.